The lowest BCUT2D eigenvalue weighted by Crippen LogP contribution is -2.10. The molecule has 0 spiro atoms. The van der Waals surface area contributed by atoms with E-state index in [1.807, 2.05) is 6.92 Å². The minimum Gasteiger partial charge on any atom is -0.480 e. The van der Waals surface area contributed by atoms with Crippen molar-refractivity contribution in [1.82, 2.24) is 4.98 Å². The van der Waals surface area contributed by atoms with E-state index in [9.17, 15) is 0 Å². The number of methoxy groups -OCH3 is 1. The zero-order valence-electron chi connectivity index (χ0n) is 7.95. The monoisotopic (exact) mass is 181 g/mol. The maximum absolute atomic E-state index is 5.82. The van der Waals surface area contributed by atoms with Gasteiger partial charge in [-0.25, -0.2) is 4.98 Å². The Hall–Kier alpha value is -1.29. The van der Waals surface area contributed by atoms with Crippen LogP contribution < -0.4 is 16.2 Å². The molecule has 4 nitrogen and oxygen atoms in total. The molecule has 0 aromatic carbocycles. The lowest BCUT2D eigenvalue weighted by Gasteiger charge is -2.10. The standard InChI is InChI=1S/C9H15N3O/c1-3-7(10)6-4-8(11)9(13-2)12-5-6/h4-5,7H,3,10-11H2,1-2H3. The molecule has 0 aliphatic heterocycles. The molecule has 1 aromatic heterocycles. The topological polar surface area (TPSA) is 74.2 Å². The van der Waals surface area contributed by atoms with Crippen LogP contribution in [0, 0.1) is 0 Å². The van der Waals surface area contributed by atoms with Crippen LogP contribution in [0.3, 0.4) is 0 Å². The van der Waals surface area contributed by atoms with E-state index in [1.165, 1.54) is 7.11 Å². The van der Waals surface area contributed by atoms with E-state index in [0.29, 0.717) is 11.6 Å². The predicted molar refractivity (Wildman–Crippen MR) is 52.4 cm³/mol. The van der Waals surface area contributed by atoms with Crippen LogP contribution in [0.15, 0.2) is 12.3 Å². The first-order valence-electron chi connectivity index (χ1n) is 4.24. The molecule has 4 heteroatoms. The Labute approximate surface area is 77.9 Å². The van der Waals surface area contributed by atoms with Crippen molar-refractivity contribution < 1.29 is 4.74 Å². The number of hydrogen-bond donors (Lipinski definition) is 2. The molecule has 72 valence electrons. The van der Waals surface area contributed by atoms with E-state index < -0.39 is 0 Å². The van der Waals surface area contributed by atoms with Gasteiger partial charge in [-0.2, -0.15) is 0 Å². The number of rotatable bonds is 3. The molecule has 0 aliphatic carbocycles. The molecule has 13 heavy (non-hydrogen) atoms. The summed E-state index contributed by atoms with van der Waals surface area (Å²) >= 11 is 0. The SMILES string of the molecule is CCC(N)c1cnc(OC)c(N)c1. The summed E-state index contributed by atoms with van der Waals surface area (Å²) in [5, 5.41) is 0. The number of anilines is 1. The van der Waals surface area contributed by atoms with Crippen LogP contribution in [0.5, 0.6) is 5.88 Å². The van der Waals surface area contributed by atoms with Crippen LogP contribution in [0.1, 0.15) is 24.9 Å². The summed E-state index contributed by atoms with van der Waals surface area (Å²) in [7, 11) is 1.54. The van der Waals surface area contributed by atoms with Gasteiger partial charge in [-0.3, -0.25) is 0 Å². The molecule has 1 aromatic rings. The summed E-state index contributed by atoms with van der Waals surface area (Å²) in [6, 6.07) is 1.81. The van der Waals surface area contributed by atoms with Gasteiger partial charge in [-0.1, -0.05) is 6.92 Å². The second-order valence-electron chi connectivity index (χ2n) is 2.88. The Balaban J connectivity index is 2.95. The fraction of sp³-hybridized carbons (Fsp3) is 0.444. The van der Waals surface area contributed by atoms with Gasteiger partial charge in [0, 0.05) is 12.2 Å². The molecule has 4 N–H and O–H groups in total. The second-order valence-corrected chi connectivity index (χ2v) is 2.88. The maximum atomic E-state index is 5.82. The van der Waals surface area contributed by atoms with Gasteiger partial charge in [-0.15, -0.1) is 0 Å². The largest absolute Gasteiger partial charge is 0.480 e. The number of nitrogen functional groups attached to an aromatic ring is 1. The van der Waals surface area contributed by atoms with Gasteiger partial charge in [0.2, 0.25) is 5.88 Å². The highest BCUT2D eigenvalue weighted by Gasteiger charge is 2.07. The van der Waals surface area contributed by atoms with Crippen LogP contribution in [0.2, 0.25) is 0 Å². The highest BCUT2D eigenvalue weighted by molar-refractivity contribution is 5.49. The number of hydrogen-bond acceptors (Lipinski definition) is 4. The van der Waals surface area contributed by atoms with Gasteiger partial charge in [0.15, 0.2) is 0 Å². The van der Waals surface area contributed by atoms with Crippen molar-refractivity contribution in [2.24, 2.45) is 5.73 Å². The molecule has 0 aliphatic rings. The maximum Gasteiger partial charge on any atom is 0.236 e. The molecule has 0 radical (unpaired) electrons. The van der Waals surface area contributed by atoms with E-state index >= 15 is 0 Å². The molecule has 0 saturated carbocycles. The Morgan fingerprint density at radius 2 is 2.31 bits per heavy atom. The summed E-state index contributed by atoms with van der Waals surface area (Å²) < 4.78 is 4.94. The van der Waals surface area contributed by atoms with E-state index in [4.69, 9.17) is 16.2 Å². The third-order valence-corrected chi connectivity index (χ3v) is 1.96. The summed E-state index contributed by atoms with van der Waals surface area (Å²) in [5.74, 6) is 0.451. The van der Waals surface area contributed by atoms with Crippen molar-refractivity contribution in [3.8, 4) is 5.88 Å². The number of pyridine rings is 1. The summed E-state index contributed by atoms with van der Waals surface area (Å²) in [6.45, 7) is 2.02. The van der Waals surface area contributed by atoms with Crippen LogP contribution in [0.25, 0.3) is 0 Å². The van der Waals surface area contributed by atoms with E-state index in [2.05, 4.69) is 4.98 Å². The summed E-state index contributed by atoms with van der Waals surface area (Å²) in [5.41, 5.74) is 13.0. The summed E-state index contributed by atoms with van der Waals surface area (Å²) in [4.78, 5) is 4.04. The number of aromatic nitrogens is 1. The summed E-state index contributed by atoms with van der Waals surface area (Å²) in [6.07, 6.45) is 2.57. The smallest absolute Gasteiger partial charge is 0.236 e. The van der Waals surface area contributed by atoms with Gasteiger partial charge >= 0.3 is 0 Å². The van der Waals surface area contributed by atoms with Crippen LogP contribution >= 0.6 is 0 Å². The third-order valence-electron chi connectivity index (χ3n) is 1.96. The molecule has 1 atom stereocenters. The molecular weight excluding hydrogens is 166 g/mol. The minimum absolute atomic E-state index is 0.000654. The number of ether oxygens (including phenoxy) is 1. The van der Waals surface area contributed by atoms with Crippen LogP contribution in [-0.4, -0.2) is 12.1 Å². The van der Waals surface area contributed by atoms with Crippen LogP contribution in [0.4, 0.5) is 5.69 Å². The average Bonchev–Trinajstić information content (AvgIpc) is 2.16. The predicted octanol–water partition coefficient (Wildman–Crippen LogP) is 1.08. The fourth-order valence-electron chi connectivity index (χ4n) is 1.10. The Morgan fingerprint density at radius 1 is 1.62 bits per heavy atom. The van der Waals surface area contributed by atoms with Gasteiger partial charge in [0.05, 0.1) is 12.8 Å². The fourth-order valence-corrected chi connectivity index (χ4v) is 1.10. The highest BCUT2D eigenvalue weighted by Crippen LogP contribution is 2.22. The quantitative estimate of drug-likeness (QED) is 0.731. The van der Waals surface area contributed by atoms with Gasteiger partial charge in [0.25, 0.3) is 0 Å². The Morgan fingerprint density at radius 3 is 2.77 bits per heavy atom. The lowest BCUT2D eigenvalue weighted by atomic mass is 10.1. The van der Waals surface area contributed by atoms with Gasteiger partial charge in [-0.05, 0) is 18.1 Å². The van der Waals surface area contributed by atoms with Crippen molar-refractivity contribution in [2.75, 3.05) is 12.8 Å². The average molecular weight is 181 g/mol. The molecule has 1 unspecified atom stereocenters. The van der Waals surface area contributed by atoms with Gasteiger partial charge in [0.1, 0.15) is 0 Å². The van der Waals surface area contributed by atoms with Crippen molar-refractivity contribution in [3.63, 3.8) is 0 Å². The molecule has 0 bridgehead atoms. The van der Waals surface area contributed by atoms with E-state index in [0.717, 1.165) is 12.0 Å². The normalized spacial score (nSPS) is 12.5. The Bertz CT molecular complexity index is 288. The van der Waals surface area contributed by atoms with E-state index in [-0.39, 0.29) is 6.04 Å². The molecule has 0 amide bonds. The molecular formula is C9H15N3O. The zero-order valence-corrected chi connectivity index (χ0v) is 7.95. The number of nitrogens with two attached hydrogens (primary N) is 2. The number of nitrogens with zero attached hydrogens (tertiary/aromatic N) is 1. The minimum atomic E-state index is 0.000654. The molecule has 1 heterocycles. The van der Waals surface area contributed by atoms with E-state index in [1.54, 1.807) is 12.3 Å². The zero-order chi connectivity index (χ0) is 9.84. The first-order valence-corrected chi connectivity index (χ1v) is 4.24. The van der Waals surface area contributed by atoms with Crippen molar-refractivity contribution in [2.45, 2.75) is 19.4 Å². The molecule has 1 rings (SSSR count). The second kappa shape index (κ2) is 4.09. The molecule has 0 fully saturated rings. The van der Waals surface area contributed by atoms with Crippen LogP contribution in [-0.2, 0) is 0 Å². The first kappa shape index (κ1) is 9.80. The lowest BCUT2D eigenvalue weighted by molar-refractivity contribution is 0.399. The van der Waals surface area contributed by atoms with Crippen molar-refractivity contribution >= 4 is 5.69 Å². The first-order chi connectivity index (χ1) is 6.19. The van der Waals surface area contributed by atoms with Gasteiger partial charge < -0.3 is 16.2 Å². The third kappa shape index (κ3) is 2.09. The Kier molecular flexibility index (Phi) is 3.08. The molecule has 0 saturated heterocycles. The highest BCUT2D eigenvalue weighted by atomic mass is 16.5. The van der Waals surface area contributed by atoms with Crippen molar-refractivity contribution in [3.05, 3.63) is 17.8 Å². The van der Waals surface area contributed by atoms with Crippen molar-refractivity contribution in [1.29, 1.82) is 0 Å².